The molecule has 0 bridgehead atoms. The number of rotatable bonds is 11. The molecule has 0 saturated carbocycles. The van der Waals surface area contributed by atoms with Crippen LogP contribution in [0, 0.1) is 0 Å². The summed E-state index contributed by atoms with van der Waals surface area (Å²) in [5.74, 6) is 1.38. The molecule has 1 aliphatic heterocycles. The van der Waals surface area contributed by atoms with Crippen LogP contribution in [0.1, 0.15) is 32.6 Å². The maximum absolute atomic E-state index is 12.7. The fourth-order valence-corrected chi connectivity index (χ4v) is 5.13. The molecule has 0 spiro atoms. The zero-order valence-corrected chi connectivity index (χ0v) is 20.0. The van der Waals surface area contributed by atoms with Crippen molar-refractivity contribution in [3.63, 3.8) is 0 Å². The quantitative estimate of drug-likeness (QED) is 0.501. The van der Waals surface area contributed by atoms with E-state index in [2.05, 4.69) is 5.32 Å². The van der Waals surface area contributed by atoms with Crippen LogP contribution in [0.3, 0.4) is 0 Å². The number of carbonyl (C=O) groups excluding carboxylic acids is 1. The summed E-state index contributed by atoms with van der Waals surface area (Å²) >= 11 is 0. The highest BCUT2D eigenvalue weighted by atomic mass is 32.2. The number of piperidine rings is 1. The molecular formula is C24H32N2O6S. The lowest BCUT2D eigenvalue weighted by Gasteiger charge is -2.25. The molecule has 3 rings (SSSR count). The molecule has 1 atom stereocenters. The summed E-state index contributed by atoms with van der Waals surface area (Å²) in [7, 11) is -1.91. The molecule has 1 heterocycles. The van der Waals surface area contributed by atoms with Crippen LogP contribution in [0.25, 0.3) is 0 Å². The molecule has 9 heteroatoms. The first kappa shape index (κ1) is 24.9. The smallest absolute Gasteiger partial charge is 0.261 e. The summed E-state index contributed by atoms with van der Waals surface area (Å²) in [6.45, 7) is 3.54. The van der Waals surface area contributed by atoms with Crippen LogP contribution in [0.2, 0.25) is 0 Å². The minimum Gasteiger partial charge on any atom is -0.493 e. The Morgan fingerprint density at radius 1 is 1.03 bits per heavy atom. The van der Waals surface area contributed by atoms with Gasteiger partial charge in [0.1, 0.15) is 12.4 Å². The normalized spacial score (nSPS) is 15.5. The second kappa shape index (κ2) is 11.9. The Morgan fingerprint density at radius 3 is 2.33 bits per heavy atom. The monoisotopic (exact) mass is 476 g/mol. The van der Waals surface area contributed by atoms with Crippen molar-refractivity contribution in [1.82, 2.24) is 9.62 Å². The van der Waals surface area contributed by atoms with Crippen molar-refractivity contribution in [3.05, 3.63) is 48.5 Å². The van der Waals surface area contributed by atoms with E-state index in [9.17, 15) is 13.2 Å². The van der Waals surface area contributed by atoms with Gasteiger partial charge in [0, 0.05) is 13.1 Å². The van der Waals surface area contributed by atoms with E-state index in [1.54, 1.807) is 47.8 Å². The molecular weight excluding hydrogens is 444 g/mol. The molecule has 1 fully saturated rings. The van der Waals surface area contributed by atoms with E-state index in [0.717, 1.165) is 19.3 Å². The first-order valence-electron chi connectivity index (χ1n) is 11.3. The molecule has 0 aliphatic carbocycles. The van der Waals surface area contributed by atoms with Crippen LogP contribution in [0.4, 0.5) is 0 Å². The van der Waals surface area contributed by atoms with E-state index in [1.807, 2.05) is 19.1 Å². The van der Waals surface area contributed by atoms with Gasteiger partial charge in [0.25, 0.3) is 5.91 Å². The predicted octanol–water partition coefficient (Wildman–Crippen LogP) is 3.22. The number of nitrogens with one attached hydrogen (secondary N) is 1. The van der Waals surface area contributed by atoms with Crippen LogP contribution in [0.5, 0.6) is 17.2 Å². The lowest BCUT2D eigenvalue weighted by atomic mass is 10.2. The first-order valence-corrected chi connectivity index (χ1v) is 12.7. The number of nitrogens with zero attached hydrogens (tertiary/aromatic N) is 1. The Bertz CT molecular complexity index is 1000. The van der Waals surface area contributed by atoms with E-state index in [1.165, 1.54) is 0 Å². The highest BCUT2D eigenvalue weighted by molar-refractivity contribution is 7.89. The second-order valence-electron chi connectivity index (χ2n) is 7.74. The number of sulfonamides is 1. The molecule has 8 nitrogen and oxygen atoms in total. The lowest BCUT2D eigenvalue weighted by molar-refractivity contribution is -0.128. The van der Waals surface area contributed by atoms with Gasteiger partial charge in [-0.25, -0.2) is 8.42 Å². The number of amides is 1. The molecule has 180 valence electrons. The number of para-hydroxylation sites is 2. The Kier molecular flexibility index (Phi) is 8.96. The van der Waals surface area contributed by atoms with Crippen LogP contribution < -0.4 is 19.5 Å². The Hall–Kier alpha value is -2.78. The summed E-state index contributed by atoms with van der Waals surface area (Å²) in [6.07, 6.45) is 2.71. The first-order chi connectivity index (χ1) is 16.0. The zero-order chi connectivity index (χ0) is 23.7. The summed E-state index contributed by atoms with van der Waals surface area (Å²) in [4.78, 5) is 12.8. The zero-order valence-electron chi connectivity index (χ0n) is 19.2. The van der Waals surface area contributed by atoms with Crippen molar-refractivity contribution in [2.75, 3.05) is 33.4 Å². The van der Waals surface area contributed by atoms with Gasteiger partial charge in [0.2, 0.25) is 10.0 Å². The van der Waals surface area contributed by atoms with Crippen molar-refractivity contribution in [1.29, 1.82) is 0 Å². The number of ether oxygens (including phenoxy) is 3. The summed E-state index contributed by atoms with van der Waals surface area (Å²) in [5.41, 5.74) is 0. The van der Waals surface area contributed by atoms with Gasteiger partial charge in [0.15, 0.2) is 17.6 Å². The molecule has 2 aromatic carbocycles. The predicted molar refractivity (Wildman–Crippen MR) is 125 cm³/mol. The molecule has 1 aliphatic rings. The van der Waals surface area contributed by atoms with Crippen LogP contribution in [0.15, 0.2) is 53.4 Å². The second-order valence-corrected chi connectivity index (χ2v) is 9.68. The van der Waals surface area contributed by atoms with Crippen LogP contribution in [-0.2, 0) is 14.8 Å². The van der Waals surface area contributed by atoms with E-state index in [-0.39, 0.29) is 17.4 Å². The van der Waals surface area contributed by atoms with E-state index < -0.39 is 16.1 Å². The van der Waals surface area contributed by atoms with Gasteiger partial charge >= 0.3 is 0 Å². The number of hydrogen-bond donors (Lipinski definition) is 1. The minimum absolute atomic E-state index is 0.241. The Balaban J connectivity index is 1.46. The van der Waals surface area contributed by atoms with E-state index >= 15 is 0 Å². The Labute approximate surface area is 195 Å². The van der Waals surface area contributed by atoms with Gasteiger partial charge in [-0.1, -0.05) is 25.5 Å². The van der Waals surface area contributed by atoms with Gasteiger partial charge in [-0.05, 0) is 55.7 Å². The molecule has 1 saturated heterocycles. The largest absolute Gasteiger partial charge is 0.493 e. The lowest BCUT2D eigenvalue weighted by Crippen LogP contribution is -2.39. The highest BCUT2D eigenvalue weighted by Gasteiger charge is 2.25. The number of benzene rings is 2. The third-order valence-corrected chi connectivity index (χ3v) is 7.36. The van der Waals surface area contributed by atoms with E-state index in [4.69, 9.17) is 14.2 Å². The van der Waals surface area contributed by atoms with Crippen molar-refractivity contribution in [2.24, 2.45) is 0 Å². The number of hydrogen-bond acceptors (Lipinski definition) is 6. The minimum atomic E-state index is -3.46. The third-order valence-electron chi connectivity index (χ3n) is 5.45. The van der Waals surface area contributed by atoms with Gasteiger partial charge in [-0.3, -0.25) is 4.79 Å². The SMILES string of the molecule is CC[C@H](Oc1ccccc1OC)C(=O)NCCOc1ccc(S(=O)(=O)N2CCCCC2)cc1. The summed E-state index contributed by atoms with van der Waals surface area (Å²) in [6, 6.07) is 13.6. The topological polar surface area (TPSA) is 94.2 Å². The molecule has 0 radical (unpaired) electrons. The van der Waals surface area contributed by atoms with E-state index in [0.29, 0.717) is 43.3 Å². The molecule has 1 N–H and O–H groups in total. The number of carbonyl (C=O) groups is 1. The third kappa shape index (κ3) is 6.61. The van der Waals surface area contributed by atoms with Crippen LogP contribution in [-0.4, -0.2) is 58.1 Å². The molecule has 0 aromatic heterocycles. The maximum Gasteiger partial charge on any atom is 0.261 e. The van der Waals surface area contributed by atoms with Gasteiger partial charge < -0.3 is 19.5 Å². The molecule has 0 unspecified atom stereocenters. The summed E-state index contributed by atoms with van der Waals surface area (Å²) < 4.78 is 43.7. The fraction of sp³-hybridized carbons (Fsp3) is 0.458. The fourth-order valence-electron chi connectivity index (χ4n) is 3.61. The summed E-state index contributed by atoms with van der Waals surface area (Å²) in [5, 5.41) is 2.81. The van der Waals surface area contributed by atoms with Crippen molar-refractivity contribution in [2.45, 2.75) is 43.6 Å². The average molecular weight is 477 g/mol. The van der Waals surface area contributed by atoms with Crippen molar-refractivity contribution < 1.29 is 27.4 Å². The standard InChI is InChI=1S/C24H32N2O6S/c1-3-21(32-23-10-6-5-9-22(23)30-2)24(27)25-15-18-31-19-11-13-20(14-12-19)33(28,29)26-16-7-4-8-17-26/h5-6,9-14,21H,3-4,7-8,15-18H2,1-2H3,(H,25,27)/t21-/m0/s1. The molecule has 2 aromatic rings. The van der Waals surface area contributed by atoms with Gasteiger partial charge in [0.05, 0.1) is 18.6 Å². The molecule has 33 heavy (non-hydrogen) atoms. The van der Waals surface area contributed by atoms with Crippen molar-refractivity contribution >= 4 is 15.9 Å². The van der Waals surface area contributed by atoms with Crippen molar-refractivity contribution in [3.8, 4) is 17.2 Å². The average Bonchev–Trinajstić information content (AvgIpc) is 2.86. The maximum atomic E-state index is 12.7. The highest BCUT2D eigenvalue weighted by Crippen LogP contribution is 2.27. The molecule has 1 amide bonds. The number of methoxy groups -OCH3 is 1. The van der Waals surface area contributed by atoms with Gasteiger partial charge in [-0.15, -0.1) is 0 Å². The van der Waals surface area contributed by atoms with Gasteiger partial charge in [-0.2, -0.15) is 4.31 Å². The Morgan fingerprint density at radius 2 is 1.70 bits per heavy atom. The van der Waals surface area contributed by atoms with Crippen LogP contribution >= 0.6 is 0 Å².